The summed E-state index contributed by atoms with van der Waals surface area (Å²) in [7, 11) is 1.76. The Morgan fingerprint density at radius 1 is 1.41 bits per heavy atom. The second-order valence-corrected chi connectivity index (χ2v) is 4.89. The standard InChI is InChI=1S/C12H12IN3O/c1-8-7-11(16(2)15-8)12(17)14-10-6-4-3-5-9(10)13/h3-7H,1-2H3,(H,14,17). The fraction of sp³-hybridized carbons (Fsp3) is 0.167. The van der Waals surface area contributed by atoms with Crippen molar-refractivity contribution in [3.05, 3.63) is 45.3 Å². The van der Waals surface area contributed by atoms with Gasteiger partial charge in [0.05, 0.1) is 11.4 Å². The number of nitrogens with zero attached hydrogens (tertiary/aromatic N) is 2. The first-order valence-corrected chi connectivity index (χ1v) is 6.22. The summed E-state index contributed by atoms with van der Waals surface area (Å²) in [5.41, 5.74) is 2.21. The second kappa shape index (κ2) is 4.87. The summed E-state index contributed by atoms with van der Waals surface area (Å²) < 4.78 is 2.60. The van der Waals surface area contributed by atoms with Crippen molar-refractivity contribution in [2.45, 2.75) is 6.92 Å². The van der Waals surface area contributed by atoms with Crippen molar-refractivity contribution in [3.63, 3.8) is 0 Å². The largest absolute Gasteiger partial charge is 0.320 e. The van der Waals surface area contributed by atoms with Gasteiger partial charge in [-0.1, -0.05) is 12.1 Å². The molecule has 1 aromatic heterocycles. The van der Waals surface area contributed by atoms with Gasteiger partial charge in [0.2, 0.25) is 0 Å². The van der Waals surface area contributed by atoms with Crippen LogP contribution in [0, 0.1) is 10.5 Å². The molecule has 0 unspecified atom stereocenters. The van der Waals surface area contributed by atoms with E-state index in [0.29, 0.717) is 5.69 Å². The maximum absolute atomic E-state index is 12.0. The summed E-state index contributed by atoms with van der Waals surface area (Å²) in [5.74, 6) is -0.141. The zero-order valence-corrected chi connectivity index (χ0v) is 11.7. The Hall–Kier alpha value is -1.37. The third kappa shape index (κ3) is 2.66. The molecule has 1 heterocycles. The summed E-state index contributed by atoms with van der Waals surface area (Å²) >= 11 is 2.19. The number of amides is 1. The molecule has 88 valence electrons. The van der Waals surface area contributed by atoms with Gasteiger partial charge in [0.15, 0.2) is 0 Å². The van der Waals surface area contributed by atoms with E-state index in [1.165, 1.54) is 0 Å². The lowest BCUT2D eigenvalue weighted by Gasteiger charge is -2.06. The third-order valence-corrected chi connectivity index (χ3v) is 3.30. The van der Waals surface area contributed by atoms with Gasteiger partial charge in [0.1, 0.15) is 5.69 Å². The van der Waals surface area contributed by atoms with Crippen LogP contribution >= 0.6 is 22.6 Å². The summed E-state index contributed by atoms with van der Waals surface area (Å²) in [6, 6.07) is 9.43. The number of nitrogens with one attached hydrogen (secondary N) is 1. The quantitative estimate of drug-likeness (QED) is 0.854. The van der Waals surface area contributed by atoms with Crippen LogP contribution in [0.2, 0.25) is 0 Å². The van der Waals surface area contributed by atoms with Gasteiger partial charge in [0.25, 0.3) is 5.91 Å². The molecule has 0 saturated carbocycles. The predicted molar refractivity (Wildman–Crippen MR) is 75.1 cm³/mol. The van der Waals surface area contributed by atoms with Crippen LogP contribution in [0.4, 0.5) is 5.69 Å². The van der Waals surface area contributed by atoms with Gasteiger partial charge in [-0.05, 0) is 47.7 Å². The number of anilines is 1. The smallest absolute Gasteiger partial charge is 0.273 e. The molecule has 1 amide bonds. The van der Waals surface area contributed by atoms with Crippen LogP contribution in [0.1, 0.15) is 16.2 Å². The molecule has 2 rings (SSSR count). The van der Waals surface area contributed by atoms with Crippen LogP contribution < -0.4 is 5.32 Å². The second-order valence-electron chi connectivity index (χ2n) is 3.73. The molecule has 0 spiro atoms. The van der Waals surface area contributed by atoms with Gasteiger partial charge in [-0.2, -0.15) is 5.10 Å². The van der Waals surface area contributed by atoms with E-state index in [2.05, 4.69) is 33.0 Å². The molecule has 0 radical (unpaired) electrons. The Kier molecular flexibility index (Phi) is 3.46. The number of aromatic nitrogens is 2. The number of rotatable bonds is 2. The lowest BCUT2D eigenvalue weighted by atomic mass is 10.3. The maximum Gasteiger partial charge on any atom is 0.273 e. The number of carbonyl (C=O) groups excluding carboxylic acids is 1. The lowest BCUT2D eigenvalue weighted by Crippen LogP contribution is -2.16. The van der Waals surface area contributed by atoms with E-state index in [0.717, 1.165) is 15.0 Å². The van der Waals surface area contributed by atoms with E-state index in [1.54, 1.807) is 17.8 Å². The van der Waals surface area contributed by atoms with Crippen LogP contribution in [-0.4, -0.2) is 15.7 Å². The van der Waals surface area contributed by atoms with Crippen LogP contribution in [0.25, 0.3) is 0 Å². The molecule has 0 aliphatic heterocycles. The van der Waals surface area contributed by atoms with Crippen molar-refractivity contribution in [3.8, 4) is 0 Å². The number of hydrogen-bond donors (Lipinski definition) is 1. The fourth-order valence-corrected chi connectivity index (χ4v) is 2.09. The number of carbonyl (C=O) groups is 1. The fourth-order valence-electron chi connectivity index (χ4n) is 1.57. The zero-order chi connectivity index (χ0) is 12.4. The summed E-state index contributed by atoms with van der Waals surface area (Å²) in [5, 5.41) is 7.02. The van der Waals surface area contributed by atoms with Gasteiger partial charge < -0.3 is 5.32 Å². The van der Waals surface area contributed by atoms with Crippen molar-refractivity contribution in [1.82, 2.24) is 9.78 Å². The van der Waals surface area contributed by atoms with Crippen molar-refractivity contribution in [1.29, 1.82) is 0 Å². The molecule has 1 N–H and O–H groups in total. The van der Waals surface area contributed by atoms with Gasteiger partial charge in [-0.15, -0.1) is 0 Å². The topological polar surface area (TPSA) is 46.9 Å². The average Bonchev–Trinajstić information content (AvgIpc) is 2.61. The molecular formula is C12H12IN3O. The lowest BCUT2D eigenvalue weighted by molar-refractivity contribution is 0.101. The van der Waals surface area contributed by atoms with Crippen molar-refractivity contribution >= 4 is 34.2 Å². The maximum atomic E-state index is 12.0. The number of benzene rings is 1. The Balaban J connectivity index is 2.23. The highest BCUT2D eigenvalue weighted by Crippen LogP contribution is 2.17. The third-order valence-electron chi connectivity index (χ3n) is 2.36. The van der Waals surface area contributed by atoms with Gasteiger partial charge in [0, 0.05) is 10.6 Å². The molecule has 2 aromatic rings. The number of halogens is 1. The van der Waals surface area contributed by atoms with Crippen LogP contribution in [-0.2, 0) is 7.05 Å². The van der Waals surface area contributed by atoms with E-state index < -0.39 is 0 Å². The molecule has 5 heteroatoms. The highest BCUT2D eigenvalue weighted by atomic mass is 127. The van der Waals surface area contributed by atoms with Crippen LogP contribution in [0.5, 0.6) is 0 Å². The summed E-state index contributed by atoms with van der Waals surface area (Å²) in [6.07, 6.45) is 0. The molecule has 0 atom stereocenters. The monoisotopic (exact) mass is 341 g/mol. The minimum absolute atomic E-state index is 0.141. The van der Waals surface area contributed by atoms with Crippen molar-refractivity contribution < 1.29 is 4.79 Å². The van der Waals surface area contributed by atoms with Gasteiger partial charge in [-0.25, -0.2) is 0 Å². The highest BCUT2D eigenvalue weighted by Gasteiger charge is 2.12. The minimum atomic E-state index is -0.141. The Morgan fingerprint density at radius 2 is 2.12 bits per heavy atom. The molecule has 4 nitrogen and oxygen atoms in total. The summed E-state index contributed by atoms with van der Waals surface area (Å²) in [4.78, 5) is 12.0. The molecule has 0 saturated heterocycles. The first-order valence-electron chi connectivity index (χ1n) is 5.14. The first kappa shape index (κ1) is 12.1. The predicted octanol–water partition coefficient (Wildman–Crippen LogP) is 2.59. The normalized spacial score (nSPS) is 10.3. The molecule has 0 bridgehead atoms. The zero-order valence-electron chi connectivity index (χ0n) is 9.57. The minimum Gasteiger partial charge on any atom is -0.320 e. The molecule has 0 aliphatic rings. The van der Waals surface area contributed by atoms with Crippen LogP contribution in [0.3, 0.4) is 0 Å². The highest BCUT2D eigenvalue weighted by molar-refractivity contribution is 14.1. The van der Waals surface area contributed by atoms with E-state index in [9.17, 15) is 4.79 Å². The molecule has 1 aromatic carbocycles. The van der Waals surface area contributed by atoms with Gasteiger partial charge >= 0.3 is 0 Å². The molecule has 0 fully saturated rings. The molecule has 17 heavy (non-hydrogen) atoms. The molecular weight excluding hydrogens is 329 g/mol. The van der Waals surface area contributed by atoms with Crippen molar-refractivity contribution in [2.75, 3.05) is 5.32 Å². The number of aryl methyl sites for hydroxylation is 2. The van der Waals surface area contributed by atoms with E-state index in [4.69, 9.17) is 0 Å². The van der Waals surface area contributed by atoms with E-state index in [-0.39, 0.29) is 5.91 Å². The Labute approximate surface area is 113 Å². The number of para-hydroxylation sites is 1. The number of hydrogen-bond acceptors (Lipinski definition) is 2. The van der Waals surface area contributed by atoms with Gasteiger partial charge in [-0.3, -0.25) is 9.48 Å². The Morgan fingerprint density at radius 3 is 2.71 bits per heavy atom. The molecule has 0 aliphatic carbocycles. The van der Waals surface area contributed by atoms with Crippen LogP contribution in [0.15, 0.2) is 30.3 Å². The summed E-state index contributed by atoms with van der Waals surface area (Å²) in [6.45, 7) is 1.86. The van der Waals surface area contributed by atoms with E-state index in [1.807, 2.05) is 31.2 Å². The SMILES string of the molecule is Cc1cc(C(=O)Nc2ccccc2I)n(C)n1. The van der Waals surface area contributed by atoms with E-state index >= 15 is 0 Å². The average molecular weight is 341 g/mol. The first-order chi connectivity index (χ1) is 8.08. The Bertz CT molecular complexity index is 563. The van der Waals surface area contributed by atoms with Crippen molar-refractivity contribution in [2.24, 2.45) is 7.05 Å².